The van der Waals surface area contributed by atoms with Crippen LogP contribution in [0.5, 0.6) is 0 Å². The van der Waals surface area contributed by atoms with Crippen LogP contribution in [0.3, 0.4) is 0 Å². The van der Waals surface area contributed by atoms with Gasteiger partial charge in [-0.2, -0.15) is 0 Å². The topological polar surface area (TPSA) is 26.3 Å². The summed E-state index contributed by atoms with van der Waals surface area (Å²) in [6.45, 7) is 0. The molecule has 2 heterocycles. The summed E-state index contributed by atoms with van der Waals surface area (Å²) in [4.78, 5) is 0. The monoisotopic (exact) mass is 688 g/mol. The van der Waals surface area contributed by atoms with Crippen LogP contribution in [0.15, 0.2) is 203 Å². The molecule has 0 spiro atoms. The van der Waals surface area contributed by atoms with E-state index in [1.54, 1.807) is 0 Å². The second-order valence-electron chi connectivity index (χ2n) is 14.0. The third-order valence-electron chi connectivity index (χ3n) is 10.9. The van der Waals surface area contributed by atoms with E-state index in [-0.39, 0.29) is 0 Å². The van der Waals surface area contributed by atoms with Crippen LogP contribution in [0.4, 0.5) is 0 Å². The van der Waals surface area contributed by atoms with Crippen LogP contribution < -0.4 is 0 Å². The number of hydrogen-bond donors (Lipinski definition) is 0. The second-order valence-corrected chi connectivity index (χ2v) is 14.0. The summed E-state index contributed by atoms with van der Waals surface area (Å²) < 4.78 is 13.7. The van der Waals surface area contributed by atoms with Crippen molar-refractivity contribution < 1.29 is 8.83 Å². The van der Waals surface area contributed by atoms with Crippen LogP contribution in [-0.4, -0.2) is 0 Å². The van der Waals surface area contributed by atoms with Gasteiger partial charge in [0.1, 0.15) is 22.5 Å². The Morgan fingerprint density at radius 1 is 0.259 bits per heavy atom. The summed E-state index contributed by atoms with van der Waals surface area (Å²) in [7, 11) is 0. The molecule has 2 aromatic heterocycles. The van der Waals surface area contributed by atoms with Crippen LogP contribution in [0.25, 0.3) is 110 Å². The zero-order valence-corrected chi connectivity index (χ0v) is 29.3. The normalized spacial score (nSPS) is 11.7. The van der Waals surface area contributed by atoms with Gasteiger partial charge in [-0.15, -0.1) is 0 Å². The molecule has 0 unspecified atom stereocenters. The molecule has 0 aliphatic heterocycles. The smallest absolute Gasteiger partial charge is 0.143 e. The number of benzene rings is 9. The van der Waals surface area contributed by atoms with Crippen LogP contribution in [-0.2, 0) is 0 Å². The first-order chi connectivity index (χ1) is 26.8. The van der Waals surface area contributed by atoms with Crippen molar-refractivity contribution in [2.45, 2.75) is 0 Å². The van der Waals surface area contributed by atoms with Crippen molar-refractivity contribution in [2.75, 3.05) is 0 Å². The van der Waals surface area contributed by atoms with Crippen molar-refractivity contribution >= 4 is 54.5 Å². The third kappa shape index (κ3) is 4.74. The van der Waals surface area contributed by atoms with E-state index in [1.165, 1.54) is 49.4 Å². The van der Waals surface area contributed by atoms with E-state index in [1.807, 2.05) is 6.07 Å². The molecule has 0 atom stereocenters. The Balaban J connectivity index is 1.14. The van der Waals surface area contributed by atoms with Crippen molar-refractivity contribution in [3.63, 3.8) is 0 Å². The van der Waals surface area contributed by atoms with Crippen LogP contribution in [0.2, 0.25) is 0 Å². The Hall–Kier alpha value is -7.16. The van der Waals surface area contributed by atoms with Crippen LogP contribution in [0, 0.1) is 0 Å². The largest absolute Gasteiger partial charge is 0.455 e. The predicted octanol–water partition coefficient (Wildman–Crippen LogP) is 15.0. The Kier molecular flexibility index (Phi) is 6.90. The molecule has 2 nitrogen and oxygen atoms in total. The van der Waals surface area contributed by atoms with Crippen molar-refractivity contribution in [3.05, 3.63) is 194 Å². The molecule has 2 heteroatoms. The SMILES string of the molecule is c1ccc(-c2ccc(-c3oc4cc5oc6c(-c7c8ccccc8c(-c8ccccc8)c8ccccc78)cccc6c5cc4c3-c3ccccc3)cc2)cc1. The Morgan fingerprint density at radius 2 is 0.722 bits per heavy atom. The quantitative estimate of drug-likeness (QED) is 0.168. The maximum absolute atomic E-state index is 6.92. The number of hydrogen-bond acceptors (Lipinski definition) is 2. The van der Waals surface area contributed by atoms with Gasteiger partial charge >= 0.3 is 0 Å². The minimum absolute atomic E-state index is 0.798. The second kappa shape index (κ2) is 12.2. The molecule has 0 bridgehead atoms. The molecule has 0 fully saturated rings. The molecule has 11 aromatic rings. The highest BCUT2D eigenvalue weighted by molar-refractivity contribution is 6.24. The van der Waals surface area contributed by atoms with Gasteiger partial charge in [0, 0.05) is 44.5 Å². The van der Waals surface area contributed by atoms with E-state index in [4.69, 9.17) is 8.83 Å². The predicted molar refractivity (Wildman–Crippen MR) is 226 cm³/mol. The van der Waals surface area contributed by atoms with E-state index in [0.29, 0.717) is 0 Å². The maximum atomic E-state index is 6.92. The van der Waals surface area contributed by atoms with Crippen molar-refractivity contribution in [2.24, 2.45) is 0 Å². The lowest BCUT2D eigenvalue weighted by molar-refractivity contribution is 0.629. The van der Waals surface area contributed by atoms with Gasteiger partial charge in [-0.25, -0.2) is 0 Å². The van der Waals surface area contributed by atoms with Gasteiger partial charge in [0.05, 0.1) is 0 Å². The fraction of sp³-hybridized carbons (Fsp3) is 0. The van der Waals surface area contributed by atoms with E-state index < -0.39 is 0 Å². The summed E-state index contributed by atoms with van der Waals surface area (Å²) in [5, 5.41) is 8.06. The number of fused-ring (bicyclic) bond motifs is 6. The van der Waals surface area contributed by atoms with Crippen molar-refractivity contribution in [3.8, 4) is 55.8 Å². The first-order valence-corrected chi connectivity index (χ1v) is 18.4. The molecule has 0 N–H and O–H groups in total. The lowest BCUT2D eigenvalue weighted by Gasteiger charge is -2.17. The number of para-hydroxylation sites is 1. The first kappa shape index (κ1) is 30.5. The van der Waals surface area contributed by atoms with Gasteiger partial charge in [-0.3, -0.25) is 0 Å². The summed E-state index contributed by atoms with van der Waals surface area (Å²) in [6, 6.07) is 68.9. The molecule has 252 valence electrons. The number of furan rings is 2. The molecular formula is C52H32O2. The fourth-order valence-corrected chi connectivity index (χ4v) is 8.46. The van der Waals surface area contributed by atoms with Gasteiger partial charge < -0.3 is 8.83 Å². The van der Waals surface area contributed by atoms with E-state index >= 15 is 0 Å². The van der Waals surface area contributed by atoms with Gasteiger partial charge in [0.15, 0.2) is 0 Å². The summed E-state index contributed by atoms with van der Waals surface area (Å²) in [5.74, 6) is 0.852. The molecule has 0 saturated carbocycles. The average Bonchev–Trinajstić information content (AvgIpc) is 3.81. The van der Waals surface area contributed by atoms with Gasteiger partial charge in [0.25, 0.3) is 0 Å². The highest BCUT2D eigenvalue weighted by atomic mass is 16.3. The zero-order chi connectivity index (χ0) is 35.6. The molecule has 54 heavy (non-hydrogen) atoms. The van der Waals surface area contributed by atoms with E-state index in [0.717, 1.165) is 60.9 Å². The molecule has 0 radical (unpaired) electrons. The lowest BCUT2D eigenvalue weighted by atomic mass is 9.85. The maximum Gasteiger partial charge on any atom is 0.143 e. The highest BCUT2D eigenvalue weighted by Gasteiger charge is 2.23. The van der Waals surface area contributed by atoms with E-state index in [2.05, 4.69) is 188 Å². The van der Waals surface area contributed by atoms with Crippen LogP contribution in [0.1, 0.15) is 0 Å². The summed E-state index contributed by atoms with van der Waals surface area (Å²) >= 11 is 0. The average molecular weight is 689 g/mol. The lowest BCUT2D eigenvalue weighted by Crippen LogP contribution is -1.90. The Bertz CT molecular complexity index is 3110. The molecule has 0 aliphatic carbocycles. The first-order valence-electron chi connectivity index (χ1n) is 18.4. The van der Waals surface area contributed by atoms with Gasteiger partial charge in [0.2, 0.25) is 0 Å². The molecule has 0 saturated heterocycles. The molecule has 0 amide bonds. The van der Waals surface area contributed by atoms with Gasteiger partial charge in [-0.1, -0.05) is 182 Å². The molecule has 9 aromatic carbocycles. The zero-order valence-electron chi connectivity index (χ0n) is 29.3. The van der Waals surface area contributed by atoms with Crippen molar-refractivity contribution in [1.29, 1.82) is 0 Å². The molecule has 0 aliphatic rings. The van der Waals surface area contributed by atoms with Gasteiger partial charge in [-0.05, 0) is 55.4 Å². The standard InChI is InChI=1S/C52H32O2/c1-4-15-33(16-5-1)34-27-29-37(30-28-34)51-49(36-19-8-3-9-20-36)45-31-44-42-25-14-26-43(52(42)54-46(44)32-47(45)53-51)50-40-23-12-10-21-38(40)48(35-17-6-2-7-18-35)39-22-11-13-24-41(39)50/h1-32H. The van der Waals surface area contributed by atoms with Crippen molar-refractivity contribution in [1.82, 2.24) is 0 Å². The molecule has 11 rings (SSSR count). The Morgan fingerprint density at radius 3 is 1.33 bits per heavy atom. The molecular weight excluding hydrogens is 657 g/mol. The third-order valence-corrected chi connectivity index (χ3v) is 10.9. The number of rotatable bonds is 5. The Labute approximate surface area is 312 Å². The fourth-order valence-electron chi connectivity index (χ4n) is 8.46. The highest BCUT2D eigenvalue weighted by Crippen LogP contribution is 2.48. The van der Waals surface area contributed by atoms with Crippen LogP contribution >= 0.6 is 0 Å². The summed E-state index contributed by atoms with van der Waals surface area (Å²) in [5.41, 5.74) is 12.8. The van der Waals surface area contributed by atoms with E-state index in [9.17, 15) is 0 Å². The minimum Gasteiger partial charge on any atom is -0.455 e. The minimum atomic E-state index is 0.798. The summed E-state index contributed by atoms with van der Waals surface area (Å²) in [6.07, 6.45) is 0.